The van der Waals surface area contributed by atoms with Crippen LogP contribution in [0.25, 0.3) is 0 Å². The Morgan fingerprint density at radius 1 is 1.71 bits per heavy atom. The minimum absolute atomic E-state index is 0. The normalized spacial score (nSPS) is 16.0. The van der Waals surface area contributed by atoms with E-state index in [0.29, 0.717) is 6.54 Å². The molecule has 17 heavy (non-hydrogen) atoms. The molecule has 1 aliphatic heterocycles. The van der Waals surface area contributed by atoms with Crippen molar-refractivity contribution in [1.29, 1.82) is 0 Å². The van der Waals surface area contributed by atoms with Crippen LogP contribution in [0.1, 0.15) is 10.4 Å². The van der Waals surface area contributed by atoms with E-state index >= 15 is 0 Å². The number of carbonyl (C=O) groups is 1. The molecule has 0 saturated carbocycles. The van der Waals surface area contributed by atoms with Crippen molar-refractivity contribution in [3.8, 4) is 0 Å². The van der Waals surface area contributed by atoms with Gasteiger partial charge >= 0.3 is 0 Å². The number of carbonyl (C=O) groups excluding carboxylic acids is 1. The zero-order chi connectivity index (χ0) is 11.5. The standard InChI is InChI=1S/C11H16N2O2S.ClH/c1-15-9(6-12)11(14)13-4-2-10-8(7-13)3-5-16-10;/h3,5,9H,2,4,6-7,12H2,1H3;1H. The molecule has 0 radical (unpaired) electrons. The number of rotatable bonds is 3. The highest BCUT2D eigenvalue weighted by atomic mass is 35.5. The van der Waals surface area contributed by atoms with Crippen LogP contribution in [0.4, 0.5) is 0 Å². The molecule has 96 valence electrons. The van der Waals surface area contributed by atoms with Gasteiger partial charge in [0.15, 0.2) is 0 Å². The summed E-state index contributed by atoms with van der Waals surface area (Å²) >= 11 is 1.77. The summed E-state index contributed by atoms with van der Waals surface area (Å²) in [6, 6.07) is 2.09. The molecule has 2 heterocycles. The fourth-order valence-electron chi connectivity index (χ4n) is 1.94. The monoisotopic (exact) mass is 276 g/mol. The van der Waals surface area contributed by atoms with Crippen molar-refractivity contribution in [1.82, 2.24) is 4.90 Å². The zero-order valence-corrected chi connectivity index (χ0v) is 11.4. The second kappa shape index (κ2) is 6.35. The maximum absolute atomic E-state index is 12.0. The van der Waals surface area contributed by atoms with E-state index in [1.54, 1.807) is 11.3 Å². The molecule has 0 bridgehead atoms. The molecule has 2 N–H and O–H groups in total. The highest BCUT2D eigenvalue weighted by molar-refractivity contribution is 7.10. The van der Waals surface area contributed by atoms with Crippen LogP contribution in [0.15, 0.2) is 11.4 Å². The van der Waals surface area contributed by atoms with E-state index in [2.05, 4.69) is 11.4 Å². The fourth-order valence-corrected chi connectivity index (χ4v) is 2.83. The lowest BCUT2D eigenvalue weighted by Crippen LogP contribution is -2.45. The molecular formula is C11H17ClN2O2S. The SMILES string of the molecule is COC(CN)C(=O)N1CCc2sccc2C1.Cl. The Morgan fingerprint density at radius 2 is 2.47 bits per heavy atom. The van der Waals surface area contributed by atoms with Gasteiger partial charge in [0.1, 0.15) is 6.10 Å². The van der Waals surface area contributed by atoms with Crippen molar-refractivity contribution in [3.63, 3.8) is 0 Å². The maximum atomic E-state index is 12.0. The number of nitrogens with zero attached hydrogens (tertiary/aromatic N) is 1. The van der Waals surface area contributed by atoms with Crippen LogP contribution in [-0.2, 0) is 22.5 Å². The number of hydrogen-bond donors (Lipinski definition) is 1. The molecule has 1 aromatic rings. The van der Waals surface area contributed by atoms with Gasteiger partial charge in [0.05, 0.1) is 0 Å². The van der Waals surface area contributed by atoms with E-state index in [1.807, 2.05) is 4.90 Å². The Labute approximate surface area is 111 Å². The van der Waals surface area contributed by atoms with Gasteiger partial charge in [0.2, 0.25) is 0 Å². The number of nitrogens with two attached hydrogens (primary N) is 1. The Kier molecular flexibility index (Phi) is 5.39. The summed E-state index contributed by atoms with van der Waals surface area (Å²) < 4.78 is 5.07. The molecule has 4 nitrogen and oxygen atoms in total. The van der Waals surface area contributed by atoms with E-state index in [0.717, 1.165) is 13.0 Å². The second-order valence-corrected chi connectivity index (χ2v) is 4.84. The lowest BCUT2D eigenvalue weighted by atomic mass is 10.1. The Balaban J connectivity index is 0.00000144. The first kappa shape index (κ1) is 14.4. The summed E-state index contributed by atoms with van der Waals surface area (Å²) in [5, 5.41) is 2.08. The number of fused-ring (bicyclic) bond motifs is 1. The molecule has 0 saturated heterocycles. The predicted molar refractivity (Wildman–Crippen MR) is 70.5 cm³/mol. The number of halogens is 1. The van der Waals surface area contributed by atoms with Crippen LogP contribution < -0.4 is 5.73 Å². The van der Waals surface area contributed by atoms with Gasteiger partial charge in [-0.15, -0.1) is 23.7 Å². The van der Waals surface area contributed by atoms with E-state index in [9.17, 15) is 4.79 Å². The highest BCUT2D eigenvalue weighted by Gasteiger charge is 2.26. The molecule has 0 aliphatic carbocycles. The molecule has 6 heteroatoms. The third-order valence-electron chi connectivity index (χ3n) is 2.89. The topological polar surface area (TPSA) is 55.6 Å². The van der Waals surface area contributed by atoms with E-state index in [4.69, 9.17) is 10.5 Å². The first-order chi connectivity index (χ1) is 7.76. The Morgan fingerprint density at radius 3 is 3.12 bits per heavy atom. The first-order valence-electron chi connectivity index (χ1n) is 5.33. The molecule has 1 atom stereocenters. The largest absolute Gasteiger partial charge is 0.370 e. The summed E-state index contributed by atoms with van der Waals surface area (Å²) in [5.41, 5.74) is 6.76. The number of methoxy groups -OCH3 is 1. The summed E-state index contributed by atoms with van der Waals surface area (Å²) in [6.07, 6.45) is 0.444. The molecule has 1 amide bonds. The van der Waals surface area contributed by atoms with Crippen LogP contribution in [0.3, 0.4) is 0 Å². The molecule has 1 aromatic heterocycles. The fraction of sp³-hybridized carbons (Fsp3) is 0.545. The Hall–Kier alpha value is -0.620. The van der Waals surface area contributed by atoms with E-state index in [-0.39, 0.29) is 24.9 Å². The van der Waals surface area contributed by atoms with Crippen molar-refractivity contribution >= 4 is 29.7 Å². The Bertz CT molecular complexity index is 379. The van der Waals surface area contributed by atoms with Crippen LogP contribution >= 0.6 is 23.7 Å². The van der Waals surface area contributed by atoms with Gasteiger partial charge < -0.3 is 15.4 Å². The minimum atomic E-state index is -0.500. The smallest absolute Gasteiger partial charge is 0.253 e. The van der Waals surface area contributed by atoms with E-state index < -0.39 is 6.10 Å². The summed E-state index contributed by atoms with van der Waals surface area (Å²) in [7, 11) is 1.52. The molecule has 0 aromatic carbocycles. The van der Waals surface area contributed by atoms with Crippen LogP contribution in [0.2, 0.25) is 0 Å². The van der Waals surface area contributed by atoms with E-state index in [1.165, 1.54) is 17.6 Å². The number of ether oxygens (including phenoxy) is 1. The van der Waals surface area contributed by atoms with Gasteiger partial charge in [0, 0.05) is 31.6 Å². The summed E-state index contributed by atoms with van der Waals surface area (Å²) in [6.45, 7) is 1.70. The minimum Gasteiger partial charge on any atom is -0.370 e. The first-order valence-corrected chi connectivity index (χ1v) is 6.21. The van der Waals surface area contributed by atoms with Crippen molar-refractivity contribution in [2.45, 2.75) is 19.1 Å². The second-order valence-electron chi connectivity index (χ2n) is 3.84. The van der Waals surface area contributed by atoms with Crippen molar-refractivity contribution in [3.05, 3.63) is 21.9 Å². The number of thiophene rings is 1. The van der Waals surface area contributed by atoms with Crippen LogP contribution in [0.5, 0.6) is 0 Å². The summed E-state index contributed by atoms with van der Waals surface area (Å²) in [4.78, 5) is 15.2. The maximum Gasteiger partial charge on any atom is 0.253 e. The lowest BCUT2D eigenvalue weighted by molar-refractivity contribution is -0.142. The zero-order valence-electron chi connectivity index (χ0n) is 9.72. The van der Waals surface area contributed by atoms with Crippen LogP contribution in [0, 0.1) is 0 Å². The third kappa shape index (κ3) is 2.98. The average molecular weight is 277 g/mol. The van der Waals surface area contributed by atoms with Crippen molar-refractivity contribution in [2.75, 3.05) is 20.2 Å². The third-order valence-corrected chi connectivity index (χ3v) is 3.92. The van der Waals surface area contributed by atoms with Crippen LogP contribution in [-0.4, -0.2) is 37.1 Å². The number of amides is 1. The van der Waals surface area contributed by atoms with Gasteiger partial charge in [0.25, 0.3) is 5.91 Å². The van der Waals surface area contributed by atoms with Gasteiger partial charge in [-0.1, -0.05) is 0 Å². The van der Waals surface area contributed by atoms with Gasteiger partial charge in [-0.05, 0) is 23.4 Å². The van der Waals surface area contributed by atoms with Gasteiger partial charge in [-0.25, -0.2) is 0 Å². The number of hydrogen-bond acceptors (Lipinski definition) is 4. The molecular weight excluding hydrogens is 260 g/mol. The highest BCUT2D eigenvalue weighted by Crippen LogP contribution is 2.24. The van der Waals surface area contributed by atoms with Gasteiger partial charge in [-0.3, -0.25) is 4.79 Å². The predicted octanol–water partition coefficient (Wildman–Crippen LogP) is 1.03. The molecule has 0 spiro atoms. The van der Waals surface area contributed by atoms with Gasteiger partial charge in [-0.2, -0.15) is 0 Å². The van der Waals surface area contributed by atoms with Crippen molar-refractivity contribution < 1.29 is 9.53 Å². The summed E-state index contributed by atoms with van der Waals surface area (Å²) in [5.74, 6) is 0.00171. The lowest BCUT2D eigenvalue weighted by Gasteiger charge is -2.29. The average Bonchev–Trinajstić information content (AvgIpc) is 2.77. The molecule has 1 unspecified atom stereocenters. The van der Waals surface area contributed by atoms with Crippen molar-refractivity contribution in [2.24, 2.45) is 5.73 Å². The molecule has 1 aliphatic rings. The molecule has 2 rings (SSSR count). The molecule has 0 fully saturated rings. The quantitative estimate of drug-likeness (QED) is 0.897.